The number of para-hydroxylation sites is 2. The van der Waals surface area contributed by atoms with Crippen molar-refractivity contribution in [2.75, 3.05) is 5.43 Å². The molecule has 0 fully saturated rings. The molecule has 0 unspecified atom stereocenters. The second-order valence-electron chi connectivity index (χ2n) is 3.91. The molecular formula is C14H10FN3O. The van der Waals surface area contributed by atoms with Crippen LogP contribution in [0.2, 0.25) is 0 Å². The second-order valence-corrected chi connectivity index (χ2v) is 3.91. The van der Waals surface area contributed by atoms with E-state index in [4.69, 9.17) is 4.42 Å². The Kier molecular flexibility index (Phi) is 2.94. The molecule has 3 aromatic rings. The first-order valence-corrected chi connectivity index (χ1v) is 5.71. The van der Waals surface area contributed by atoms with Crippen molar-refractivity contribution in [1.82, 2.24) is 4.98 Å². The molecule has 0 amide bonds. The fourth-order valence-electron chi connectivity index (χ4n) is 1.63. The van der Waals surface area contributed by atoms with E-state index in [1.165, 1.54) is 12.1 Å². The molecule has 19 heavy (non-hydrogen) atoms. The van der Waals surface area contributed by atoms with E-state index in [-0.39, 0.29) is 5.82 Å². The van der Waals surface area contributed by atoms with Crippen LogP contribution in [0.5, 0.6) is 0 Å². The molecule has 0 aliphatic rings. The number of benzene rings is 2. The number of anilines is 1. The number of nitrogens with one attached hydrogen (secondary N) is 1. The lowest BCUT2D eigenvalue weighted by atomic mass is 10.2. The average Bonchev–Trinajstić information content (AvgIpc) is 2.83. The quantitative estimate of drug-likeness (QED) is 0.576. The summed E-state index contributed by atoms with van der Waals surface area (Å²) in [7, 11) is 0. The Morgan fingerprint density at radius 2 is 1.89 bits per heavy atom. The molecule has 1 aromatic heterocycles. The number of aromatic nitrogens is 1. The number of hydrogen-bond donors (Lipinski definition) is 1. The van der Waals surface area contributed by atoms with Gasteiger partial charge in [-0.2, -0.15) is 10.1 Å². The van der Waals surface area contributed by atoms with Gasteiger partial charge in [-0.1, -0.05) is 24.3 Å². The number of oxazole rings is 1. The smallest absolute Gasteiger partial charge is 0.316 e. The lowest BCUT2D eigenvalue weighted by Crippen LogP contribution is -1.90. The highest BCUT2D eigenvalue weighted by Crippen LogP contribution is 2.17. The summed E-state index contributed by atoms with van der Waals surface area (Å²) in [5.41, 5.74) is 4.94. The molecule has 0 bridgehead atoms. The van der Waals surface area contributed by atoms with Gasteiger partial charge in [0, 0.05) is 0 Å². The van der Waals surface area contributed by atoms with Crippen LogP contribution < -0.4 is 5.43 Å². The number of hydrogen-bond acceptors (Lipinski definition) is 4. The van der Waals surface area contributed by atoms with Crippen molar-refractivity contribution in [1.29, 1.82) is 0 Å². The molecule has 0 saturated heterocycles. The third-order valence-corrected chi connectivity index (χ3v) is 2.54. The minimum absolute atomic E-state index is 0.274. The maximum absolute atomic E-state index is 12.7. The normalized spacial score (nSPS) is 11.2. The van der Waals surface area contributed by atoms with Crippen molar-refractivity contribution in [2.24, 2.45) is 5.10 Å². The zero-order valence-corrected chi connectivity index (χ0v) is 9.88. The molecular weight excluding hydrogens is 245 g/mol. The summed E-state index contributed by atoms with van der Waals surface area (Å²) in [6.07, 6.45) is 1.56. The molecule has 3 rings (SSSR count). The van der Waals surface area contributed by atoms with E-state index < -0.39 is 0 Å². The van der Waals surface area contributed by atoms with Crippen molar-refractivity contribution in [2.45, 2.75) is 0 Å². The third-order valence-electron chi connectivity index (χ3n) is 2.54. The van der Waals surface area contributed by atoms with E-state index in [9.17, 15) is 4.39 Å². The van der Waals surface area contributed by atoms with Gasteiger partial charge in [-0.25, -0.2) is 9.82 Å². The molecule has 0 aliphatic heterocycles. The predicted octanol–water partition coefficient (Wildman–Crippen LogP) is 3.41. The topological polar surface area (TPSA) is 50.4 Å². The summed E-state index contributed by atoms with van der Waals surface area (Å²) >= 11 is 0. The minimum Gasteiger partial charge on any atom is -0.422 e. The zero-order chi connectivity index (χ0) is 13.1. The van der Waals surface area contributed by atoms with Gasteiger partial charge >= 0.3 is 6.01 Å². The van der Waals surface area contributed by atoms with Crippen molar-refractivity contribution >= 4 is 23.3 Å². The Bertz CT molecular complexity index is 686. The van der Waals surface area contributed by atoms with Crippen molar-refractivity contribution in [3.05, 3.63) is 59.9 Å². The SMILES string of the molecule is Fc1ccc(/C=N\Nc2nc3ccccc3o2)cc1. The van der Waals surface area contributed by atoms with Gasteiger partial charge in [0.15, 0.2) is 5.58 Å². The predicted molar refractivity (Wildman–Crippen MR) is 71.6 cm³/mol. The van der Waals surface area contributed by atoms with Gasteiger partial charge in [0.05, 0.1) is 6.21 Å². The van der Waals surface area contributed by atoms with Crippen LogP contribution >= 0.6 is 0 Å². The summed E-state index contributed by atoms with van der Waals surface area (Å²) in [6, 6.07) is 13.8. The molecule has 0 aliphatic carbocycles. The van der Waals surface area contributed by atoms with Crippen LogP contribution in [0.4, 0.5) is 10.4 Å². The molecule has 94 valence electrons. The first-order chi connectivity index (χ1) is 9.31. The maximum Gasteiger partial charge on any atom is 0.316 e. The highest BCUT2D eigenvalue weighted by atomic mass is 19.1. The number of halogens is 1. The zero-order valence-electron chi connectivity index (χ0n) is 9.88. The molecule has 0 radical (unpaired) electrons. The van der Waals surface area contributed by atoms with Crippen LogP contribution in [0, 0.1) is 5.82 Å². The van der Waals surface area contributed by atoms with Gasteiger partial charge in [-0.05, 0) is 29.8 Å². The van der Waals surface area contributed by atoms with Crippen LogP contribution in [-0.2, 0) is 0 Å². The average molecular weight is 255 g/mol. The minimum atomic E-state index is -0.274. The van der Waals surface area contributed by atoms with Gasteiger partial charge in [0.25, 0.3) is 0 Å². The standard InChI is InChI=1S/C14H10FN3O/c15-11-7-5-10(6-8-11)9-16-18-14-17-12-3-1-2-4-13(12)19-14/h1-9H,(H,17,18)/b16-9-. The Hall–Kier alpha value is -2.69. The van der Waals surface area contributed by atoms with E-state index in [1.54, 1.807) is 18.3 Å². The first kappa shape index (κ1) is 11.4. The van der Waals surface area contributed by atoms with Crippen molar-refractivity contribution < 1.29 is 8.81 Å². The monoisotopic (exact) mass is 255 g/mol. The Labute approximate surface area is 108 Å². The highest BCUT2D eigenvalue weighted by Gasteiger charge is 2.02. The van der Waals surface area contributed by atoms with Gasteiger partial charge in [0.2, 0.25) is 0 Å². The summed E-state index contributed by atoms with van der Waals surface area (Å²) < 4.78 is 18.1. The fourth-order valence-corrected chi connectivity index (χ4v) is 1.63. The van der Waals surface area contributed by atoms with Crippen molar-refractivity contribution in [3.8, 4) is 0 Å². The fraction of sp³-hybridized carbons (Fsp3) is 0. The van der Waals surface area contributed by atoms with E-state index in [1.807, 2.05) is 24.3 Å². The summed E-state index contributed by atoms with van der Waals surface area (Å²) in [5.74, 6) is -0.274. The molecule has 1 N–H and O–H groups in total. The van der Waals surface area contributed by atoms with Crippen LogP contribution in [0.25, 0.3) is 11.1 Å². The van der Waals surface area contributed by atoms with Crippen molar-refractivity contribution in [3.63, 3.8) is 0 Å². The number of rotatable bonds is 3. The number of hydrazone groups is 1. The Balaban J connectivity index is 1.73. The molecule has 4 nitrogen and oxygen atoms in total. The molecule has 2 aromatic carbocycles. The van der Waals surface area contributed by atoms with E-state index in [0.717, 1.165) is 11.1 Å². The van der Waals surface area contributed by atoms with E-state index in [0.29, 0.717) is 11.6 Å². The third kappa shape index (κ3) is 2.60. The van der Waals surface area contributed by atoms with Crippen LogP contribution in [-0.4, -0.2) is 11.2 Å². The van der Waals surface area contributed by atoms with E-state index >= 15 is 0 Å². The van der Waals surface area contributed by atoms with Crippen LogP contribution in [0.3, 0.4) is 0 Å². The molecule has 0 saturated carbocycles. The van der Waals surface area contributed by atoms with Gasteiger partial charge in [0.1, 0.15) is 11.3 Å². The number of nitrogens with zero attached hydrogens (tertiary/aromatic N) is 2. The largest absolute Gasteiger partial charge is 0.422 e. The summed E-state index contributed by atoms with van der Waals surface area (Å²) in [5, 5.41) is 3.98. The van der Waals surface area contributed by atoms with Gasteiger partial charge in [-0.15, -0.1) is 0 Å². The molecule has 0 spiro atoms. The van der Waals surface area contributed by atoms with Gasteiger partial charge in [-0.3, -0.25) is 0 Å². The summed E-state index contributed by atoms with van der Waals surface area (Å²) in [6.45, 7) is 0. The lowest BCUT2D eigenvalue weighted by molar-refractivity contribution is 0.617. The Morgan fingerprint density at radius 3 is 2.68 bits per heavy atom. The maximum atomic E-state index is 12.7. The highest BCUT2D eigenvalue weighted by molar-refractivity contribution is 5.80. The van der Waals surface area contributed by atoms with Crippen LogP contribution in [0.15, 0.2) is 58.0 Å². The lowest BCUT2D eigenvalue weighted by Gasteiger charge is -1.93. The molecule has 5 heteroatoms. The molecule has 1 heterocycles. The Morgan fingerprint density at radius 1 is 1.11 bits per heavy atom. The first-order valence-electron chi connectivity index (χ1n) is 5.71. The second kappa shape index (κ2) is 4.89. The van der Waals surface area contributed by atoms with Crippen LogP contribution in [0.1, 0.15) is 5.56 Å². The molecule has 0 atom stereocenters. The van der Waals surface area contributed by atoms with E-state index in [2.05, 4.69) is 15.5 Å². The van der Waals surface area contributed by atoms with Gasteiger partial charge < -0.3 is 4.42 Å². The summed E-state index contributed by atoms with van der Waals surface area (Å²) in [4.78, 5) is 4.21. The number of fused-ring (bicyclic) bond motifs is 1.